The second kappa shape index (κ2) is 7.07. The van der Waals surface area contributed by atoms with Gasteiger partial charge in [-0.25, -0.2) is 4.98 Å². The summed E-state index contributed by atoms with van der Waals surface area (Å²) in [6.45, 7) is 10.5. The fourth-order valence-electron chi connectivity index (χ4n) is 3.21. The van der Waals surface area contributed by atoms with Gasteiger partial charge in [0.1, 0.15) is 0 Å². The number of hydrogen-bond donors (Lipinski definition) is 0. The second-order valence-corrected chi connectivity index (χ2v) is 7.59. The normalized spacial score (nSPS) is 20.7. The number of thiazole rings is 1. The first-order chi connectivity index (χ1) is 11.0. The fourth-order valence-corrected chi connectivity index (χ4v) is 4.19. The highest BCUT2D eigenvalue weighted by Gasteiger charge is 2.29. The zero-order valence-corrected chi connectivity index (χ0v) is 14.7. The van der Waals surface area contributed by atoms with Crippen LogP contribution in [0.5, 0.6) is 0 Å². The average Bonchev–Trinajstić information content (AvgIpc) is 3.01. The third-order valence-electron chi connectivity index (χ3n) is 4.63. The van der Waals surface area contributed by atoms with Crippen LogP contribution in [-0.4, -0.2) is 70.8 Å². The molecule has 0 unspecified atom stereocenters. The Bertz CT molecular complexity index is 577. The van der Waals surface area contributed by atoms with E-state index in [4.69, 9.17) is 0 Å². The number of carbonyl (C=O) groups is 2. The van der Waals surface area contributed by atoms with Crippen LogP contribution in [0.2, 0.25) is 0 Å². The maximum Gasteiger partial charge on any atom is 0.229 e. The van der Waals surface area contributed by atoms with Gasteiger partial charge < -0.3 is 0 Å². The number of imide groups is 1. The van der Waals surface area contributed by atoms with Crippen LogP contribution in [-0.2, 0) is 16.1 Å². The van der Waals surface area contributed by atoms with Crippen molar-refractivity contribution in [2.45, 2.75) is 33.2 Å². The SMILES string of the molecule is Cc1nc(C)c(CN2CCN(CCN3C(=O)CCC3=O)CC2)s1. The van der Waals surface area contributed by atoms with Crippen LogP contribution in [0.25, 0.3) is 0 Å². The maximum absolute atomic E-state index is 11.6. The Balaban J connectivity index is 1.42. The molecule has 0 aliphatic carbocycles. The van der Waals surface area contributed by atoms with Gasteiger partial charge in [-0.1, -0.05) is 0 Å². The van der Waals surface area contributed by atoms with Gasteiger partial charge in [0, 0.05) is 63.5 Å². The molecular formula is C16H24N4O2S. The summed E-state index contributed by atoms with van der Waals surface area (Å²) >= 11 is 1.79. The Labute approximate surface area is 141 Å². The van der Waals surface area contributed by atoms with E-state index in [2.05, 4.69) is 28.6 Å². The summed E-state index contributed by atoms with van der Waals surface area (Å²) in [7, 11) is 0. The van der Waals surface area contributed by atoms with Gasteiger partial charge in [0.2, 0.25) is 11.8 Å². The van der Waals surface area contributed by atoms with Crippen molar-refractivity contribution >= 4 is 23.2 Å². The molecule has 0 saturated carbocycles. The second-order valence-electron chi connectivity index (χ2n) is 6.30. The Hall–Kier alpha value is -1.31. The van der Waals surface area contributed by atoms with Crippen molar-refractivity contribution in [2.75, 3.05) is 39.3 Å². The maximum atomic E-state index is 11.6. The van der Waals surface area contributed by atoms with Gasteiger partial charge in [-0.05, 0) is 13.8 Å². The van der Waals surface area contributed by atoms with Crippen molar-refractivity contribution in [2.24, 2.45) is 0 Å². The van der Waals surface area contributed by atoms with Crippen molar-refractivity contribution in [3.8, 4) is 0 Å². The summed E-state index contributed by atoms with van der Waals surface area (Å²) < 4.78 is 0. The topological polar surface area (TPSA) is 56.8 Å². The number of carbonyl (C=O) groups excluding carboxylic acids is 2. The summed E-state index contributed by atoms with van der Waals surface area (Å²) in [4.78, 5) is 35.3. The number of aromatic nitrogens is 1. The highest BCUT2D eigenvalue weighted by atomic mass is 32.1. The van der Waals surface area contributed by atoms with E-state index in [-0.39, 0.29) is 11.8 Å². The molecule has 1 aromatic rings. The highest BCUT2D eigenvalue weighted by molar-refractivity contribution is 7.11. The van der Waals surface area contributed by atoms with E-state index in [0.29, 0.717) is 19.4 Å². The van der Waals surface area contributed by atoms with E-state index in [1.807, 2.05) is 0 Å². The van der Waals surface area contributed by atoms with E-state index in [1.165, 1.54) is 9.78 Å². The average molecular weight is 336 g/mol. The van der Waals surface area contributed by atoms with Crippen molar-refractivity contribution < 1.29 is 9.59 Å². The van der Waals surface area contributed by atoms with Crippen LogP contribution in [0.1, 0.15) is 28.4 Å². The smallest absolute Gasteiger partial charge is 0.229 e. The van der Waals surface area contributed by atoms with E-state index in [0.717, 1.165) is 50.0 Å². The van der Waals surface area contributed by atoms with E-state index in [1.54, 1.807) is 11.3 Å². The molecule has 2 fully saturated rings. The number of likely N-dealkylation sites (tertiary alicyclic amines) is 1. The Morgan fingerprint density at radius 2 is 1.57 bits per heavy atom. The zero-order valence-electron chi connectivity index (χ0n) is 13.9. The van der Waals surface area contributed by atoms with Gasteiger partial charge in [0.25, 0.3) is 0 Å². The van der Waals surface area contributed by atoms with Crippen LogP contribution < -0.4 is 0 Å². The molecule has 126 valence electrons. The van der Waals surface area contributed by atoms with E-state index in [9.17, 15) is 9.59 Å². The zero-order chi connectivity index (χ0) is 16.4. The molecule has 2 amide bonds. The van der Waals surface area contributed by atoms with Gasteiger partial charge >= 0.3 is 0 Å². The van der Waals surface area contributed by atoms with Crippen molar-refractivity contribution in [1.82, 2.24) is 19.7 Å². The predicted molar refractivity (Wildman–Crippen MR) is 89.3 cm³/mol. The molecule has 2 aliphatic rings. The number of piperazine rings is 1. The third-order valence-corrected chi connectivity index (χ3v) is 5.68. The van der Waals surface area contributed by atoms with Crippen LogP contribution in [0, 0.1) is 13.8 Å². The molecule has 0 spiro atoms. The van der Waals surface area contributed by atoms with Gasteiger partial charge in [-0.15, -0.1) is 11.3 Å². The van der Waals surface area contributed by atoms with Crippen LogP contribution >= 0.6 is 11.3 Å². The first-order valence-electron chi connectivity index (χ1n) is 8.24. The molecule has 0 radical (unpaired) electrons. The fraction of sp³-hybridized carbons (Fsp3) is 0.688. The lowest BCUT2D eigenvalue weighted by atomic mass is 10.3. The molecule has 23 heavy (non-hydrogen) atoms. The lowest BCUT2D eigenvalue weighted by Crippen LogP contribution is -2.48. The van der Waals surface area contributed by atoms with Crippen LogP contribution in [0.15, 0.2) is 0 Å². The minimum absolute atomic E-state index is 0.00956. The minimum Gasteiger partial charge on any atom is -0.299 e. The quantitative estimate of drug-likeness (QED) is 0.752. The molecule has 0 aromatic carbocycles. The molecular weight excluding hydrogens is 312 g/mol. The van der Waals surface area contributed by atoms with Gasteiger partial charge in [-0.3, -0.25) is 24.3 Å². The van der Waals surface area contributed by atoms with Gasteiger partial charge in [-0.2, -0.15) is 0 Å². The molecule has 6 nitrogen and oxygen atoms in total. The predicted octanol–water partition coefficient (Wildman–Crippen LogP) is 1.03. The van der Waals surface area contributed by atoms with E-state index >= 15 is 0 Å². The number of rotatable bonds is 5. The molecule has 0 bridgehead atoms. The lowest BCUT2D eigenvalue weighted by molar-refractivity contribution is -0.138. The Kier molecular flexibility index (Phi) is 5.08. The van der Waals surface area contributed by atoms with Crippen LogP contribution in [0.4, 0.5) is 0 Å². The molecule has 0 atom stereocenters. The standard InChI is InChI=1S/C16H24N4O2S/c1-12-14(23-13(2)17-12)11-19-7-5-18(6-8-19)9-10-20-15(21)3-4-16(20)22/h3-11H2,1-2H3. The number of aryl methyl sites for hydroxylation is 2. The number of hydrogen-bond acceptors (Lipinski definition) is 6. The van der Waals surface area contributed by atoms with Gasteiger partial charge in [0.05, 0.1) is 10.7 Å². The van der Waals surface area contributed by atoms with Crippen molar-refractivity contribution in [3.05, 3.63) is 15.6 Å². The van der Waals surface area contributed by atoms with Gasteiger partial charge in [0.15, 0.2) is 0 Å². The summed E-state index contributed by atoms with van der Waals surface area (Å²) in [5.41, 5.74) is 1.15. The third kappa shape index (κ3) is 3.97. The molecule has 0 N–H and O–H groups in total. The Morgan fingerprint density at radius 1 is 0.957 bits per heavy atom. The summed E-state index contributed by atoms with van der Waals surface area (Å²) in [6.07, 6.45) is 0.778. The first-order valence-corrected chi connectivity index (χ1v) is 9.05. The minimum atomic E-state index is -0.00956. The monoisotopic (exact) mass is 336 g/mol. The van der Waals surface area contributed by atoms with Crippen LogP contribution in [0.3, 0.4) is 0 Å². The summed E-state index contributed by atoms with van der Waals surface area (Å²) in [5.74, 6) is -0.0191. The molecule has 3 heterocycles. The van der Waals surface area contributed by atoms with E-state index < -0.39 is 0 Å². The summed E-state index contributed by atoms with van der Waals surface area (Å²) in [6, 6.07) is 0. The number of nitrogens with zero attached hydrogens (tertiary/aromatic N) is 4. The lowest BCUT2D eigenvalue weighted by Gasteiger charge is -2.35. The molecule has 1 aromatic heterocycles. The van der Waals surface area contributed by atoms with Crippen molar-refractivity contribution in [3.63, 3.8) is 0 Å². The molecule has 2 saturated heterocycles. The van der Waals surface area contributed by atoms with Crippen molar-refractivity contribution in [1.29, 1.82) is 0 Å². The molecule has 3 rings (SSSR count). The first kappa shape index (κ1) is 16.5. The molecule has 2 aliphatic heterocycles. The number of amides is 2. The molecule has 7 heteroatoms. The highest BCUT2D eigenvalue weighted by Crippen LogP contribution is 2.20. The largest absolute Gasteiger partial charge is 0.299 e. The summed E-state index contributed by atoms with van der Waals surface area (Å²) in [5, 5.41) is 1.14. The Morgan fingerprint density at radius 3 is 2.13 bits per heavy atom.